The third-order valence-electron chi connectivity index (χ3n) is 3.65. The van der Waals surface area contributed by atoms with Gasteiger partial charge in [0.1, 0.15) is 5.83 Å². The molecule has 0 aromatic rings. The Hall–Kier alpha value is -1.34. The summed E-state index contributed by atoms with van der Waals surface area (Å²) in [5.74, 6) is -0.287. The molecule has 0 aromatic carbocycles. The molecule has 3 aliphatic rings. The molecule has 0 saturated heterocycles. The molecule has 4 heteroatoms. The van der Waals surface area contributed by atoms with Crippen molar-refractivity contribution >= 4 is 15.9 Å². The maximum absolute atomic E-state index is 13.6. The first-order chi connectivity index (χ1) is 8.70. The fourth-order valence-electron chi connectivity index (χ4n) is 2.73. The minimum Gasteiger partial charge on any atom is -0.323 e. The van der Waals surface area contributed by atoms with Crippen LogP contribution in [0.2, 0.25) is 0 Å². The summed E-state index contributed by atoms with van der Waals surface area (Å²) in [4.78, 5) is 2.07. The molecule has 0 aromatic heterocycles. The van der Waals surface area contributed by atoms with E-state index in [4.69, 9.17) is 0 Å². The second-order valence-electron chi connectivity index (χ2n) is 4.73. The van der Waals surface area contributed by atoms with Gasteiger partial charge >= 0.3 is 0 Å². The molecule has 18 heavy (non-hydrogen) atoms. The number of fused-ring (bicyclic) bond motifs is 1. The van der Waals surface area contributed by atoms with Crippen LogP contribution in [0.5, 0.6) is 0 Å². The Kier molecular flexibility index (Phi) is 2.87. The molecule has 0 N–H and O–H groups in total. The van der Waals surface area contributed by atoms with Crippen LogP contribution >= 0.6 is 15.9 Å². The molecule has 0 saturated carbocycles. The highest BCUT2D eigenvalue weighted by atomic mass is 79.9. The predicted octanol–water partition coefficient (Wildman–Crippen LogP) is 4.26. The highest BCUT2D eigenvalue weighted by Crippen LogP contribution is 2.45. The summed E-state index contributed by atoms with van der Waals surface area (Å²) in [6.07, 6.45) is 9.45. The zero-order valence-electron chi connectivity index (χ0n) is 9.79. The topological polar surface area (TPSA) is 27.0 Å². The lowest BCUT2D eigenvalue weighted by molar-refractivity contribution is 0.479. The van der Waals surface area contributed by atoms with Crippen LogP contribution < -0.4 is 0 Å². The number of hydrogen-bond donors (Lipinski definition) is 0. The SMILES string of the molecule is N#CC1=CN(C2=CCCC2)C2=CC(Br)=C(F)CC12. The van der Waals surface area contributed by atoms with Crippen LogP contribution in [-0.4, -0.2) is 4.90 Å². The van der Waals surface area contributed by atoms with Crippen molar-refractivity contribution in [3.05, 3.63) is 45.6 Å². The molecular formula is C14H12BrFN2. The summed E-state index contributed by atoms with van der Waals surface area (Å²) in [7, 11) is 0. The zero-order valence-corrected chi connectivity index (χ0v) is 11.4. The van der Waals surface area contributed by atoms with Crippen molar-refractivity contribution in [3.8, 4) is 6.07 Å². The Morgan fingerprint density at radius 3 is 3.00 bits per heavy atom. The van der Waals surface area contributed by atoms with Gasteiger partial charge in [0, 0.05) is 29.9 Å². The summed E-state index contributed by atoms with van der Waals surface area (Å²) < 4.78 is 14.2. The summed E-state index contributed by atoms with van der Waals surface area (Å²) >= 11 is 3.24. The average Bonchev–Trinajstić information content (AvgIpc) is 2.97. The van der Waals surface area contributed by atoms with Crippen molar-refractivity contribution in [1.82, 2.24) is 4.90 Å². The van der Waals surface area contributed by atoms with Crippen molar-refractivity contribution < 1.29 is 4.39 Å². The Morgan fingerprint density at radius 2 is 2.33 bits per heavy atom. The summed E-state index contributed by atoms with van der Waals surface area (Å²) in [5, 5.41) is 9.18. The minimum absolute atomic E-state index is 0.113. The van der Waals surface area contributed by atoms with E-state index in [1.54, 1.807) is 0 Å². The van der Waals surface area contributed by atoms with Crippen molar-refractivity contribution in [2.24, 2.45) is 5.92 Å². The Bertz CT molecular complexity index is 563. The Labute approximate surface area is 114 Å². The van der Waals surface area contributed by atoms with Gasteiger partial charge in [0.15, 0.2) is 0 Å². The Morgan fingerprint density at radius 1 is 1.50 bits per heavy atom. The second kappa shape index (κ2) is 4.40. The fourth-order valence-corrected chi connectivity index (χ4v) is 3.12. The van der Waals surface area contributed by atoms with Gasteiger partial charge in [-0.15, -0.1) is 0 Å². The predicted molar refractivity (Wildman–Crippen MR) is 70.7 cm³/mol. The molecule has 0 fully saturated rings. The van der Waals surface area contributed by atoms with Gasteiger partial charge in [-0.3, -0.25) is 0 Å². The van der Waals surface area contributed by atoms with E-state index < -0.39 is 0 Å². The molecular weight excluding hydrogens is 295 g/mol. The van der Waals surface area contributed by atoms with E-state index >= 15 is 0 Å². The first kappa shape index (κ1) is 11.7. The normalized spacial score (nSPS) is 26.6. The fraction of sp³-hybridized carbons (Fsp3) is 0.357. The van der Waals surface area contributed by atoms with E-state index in [1.165, 1.54) is 5.70 Å². The maximum Gasteiger partial charge on any atom is 0.115 e. The average molecular weight is 307 g/mol. The van der Waals surface area contributed by atoms with Gasteiger partial charge in [-0.1, -0.05) is 6.08 Å². The van der Waals surface area contributed by atoms with E-state index in [1.807, 2.05) is 12.3 Å². The van der Waals surface area contributed by atoms with Crippen molar-refractivity contribution in [2.45, 2.75) is 25.7 Å². The van der Waals surface area contributed by atoms with Crippen molar-refractivity contribution in [1.29, 1.82) is 5.26 Å². The number of hydrogen-bond acceptors (Lipinski definition) is 2. The lowest BCUT2D eigenvalue weighted by Crippen LogP contribution is -2.17. The van der Waals surface area contributed by atoms with Crippen molar-refractivity contribution in [3.63, 3.8) is 0 Å². The summed E-state index contributed by atoms with van der Waals surface area (Å²) in [6.45, 7) is 0. The first-order valence-electron chi connectivity index (χ1n) is 6.06. The molecule has 1 unspecified atom stereocenters. The number of halogens is 2. The highest BCUT2D eigenvalue weighted by Gasteiger charge is 2.35. The lowest BCUT2D eigenvalue weighted by Gasteiger charge is -2.25. The second-order valence-corrected chi connectivity index (χ2v) is 5.59. The molecule has 2 nitrogen and oxygen atoms in total. The van der Waals surface area contributed by atoms with E-state index in [0.717, 1.165) is 25.0 Å². The molecule has 0 radical (unpaired) electrons. The van der Waals surface area contributed by atoms with Crippen LogP contribution in [0, 0.1) is 17.2 Å². The molecule has 0 amide bonds. The monoisotopic (exact) mass is 306 g/mol. The van der Waals surface area contributed by atoms with Gasteiger partial charge in [0.2, 0.25) is 0 Å². The van der Waals surface area contributed by atoms with Gasteiger partial charge in [0.25, 0.3) is 0 Å². The van der Waals surface area contributed by atoms with E-state index in [0.29, 0.717) is 10.1 Å². The number of rotatable bonds is 1. The number of allylic oxidation sites excluding steroid dienone is 6. The largest absolute Gasteiger partial charge is 0.323 e. The maximum atomic E-state index is 13.6. The third-order valence-corrected chi connectivity index (χ3v) is 4.31. The quantitative estimate of drug-likeness (QED) is 0.724. The van der Waals surface area contributed by atoms with Crippen LogP contribution in [0.1, 0.15) is 25.7 Å². The molecule has 0 bridgehead atoms. The van der Waals surface area contributed by atoms with E-state index in [2.05, 4.69) is 33.0 Å². The molecule has 92 valence electrons. The van der Waals surface area contributed by atoms with Gasteiger partial charge < -0.3 is 4.90 Å². The van der Waals surface area contributed by atoms with Crippen LogP contribution in [0.4, 0.5) is 4.39 Å². The van der Waals surface area contributed by atoms with Crippen LogP contribution in [-0.2, 0) is 0 Å². The number of nitrogens with zero attached hydrogens (tertiary/aromatic N) is 2. The summed E-state index contributed by atoms with van der Waals surface area (Å²) in [6, 6.07) is 2.20. The summed E-state index contributed by atoms with van der Waals surface area (Å²) in [5.41, 5.74) is 2.91. The molecule has 1 aliphatic heterocycles. The molecule has 1 atom stereocenters. The van der Waals surface area contributed by atoms with Crippen molar-refractivity contribution in [2.75, 3.05) is 0 Å². The molecule has 0 spiro atoms. The van der Waals surface area contributed by atoms with E-state index in [-0.39, 0.29) is 18.2 Å². The van der Waals surface area contributed by atoms with Crippen LogP contribution in [0.3, 0.4) is 0 Å². The van der Waals surface area contributed by atoms with Gasteiger partial charge in [-0.25, -0.2) is 4.39 Å². The smallest absolute Gasteiger partial charge is 0.115 e. The molecule has 1 heterocycles. The zero-order chi connectivity index (χ0) is 12.7. The minimum atomic E-state index is -0.174. The first-order valence-corrected chi connectivity index (χ1v) is 6.86. The Balaban J connectivity index is 2.02. The van der Waals surface area contributed by atoms with Gasteiger partial charge in [-0.05, 0) is 41.3 Å². The third kappa shape index (κ3) is 1.74. The highest BCUT2D eigenvalue weighted by molar-refractivity contribution is 9.11. The van der Waals surface area contributed by atoms with Crippen LogP contribution in [0.25, 0.3) is 0 Å². The number of nitriles is 1. The standard InChI is InChI=1S/C14H12BrFN2/c15-12-6-14-11(5-13(12)16)9(7-17)8-18(14)10-3-1-2-4-10/h3,6,8,11H,1-2,4-5H2. The van der Waals surface area contributed by atoms with E-state index in [9.17, 15) is 9.65 Å². The lowest BCUT2D eigenvalue weighted by atomic mass is 9.92. The molecule has 2 aliphatic carbocycles. The van der Waals surface area contributed by atoms with Gasteiger partial charge in [-0.2, -0.15) is 5.26 Å². The molecule has 3 rings (SSSR count). The van der Waals surface area contributed by atoms with Crippen LogP contribution in [0.15, 0.2) is 45.6 Å². The van der Waals surface area contributed by atoms with Gasteiger partial charge in [0.05, 0.1) is 16.1 Å².